The molecule has 5 nitrogen and oxygen atoms in total. The van der Waals surface area contributed by atoms with E-state index < -0.39 is 0 Å². The smallest absolute Gasteiger partial charge is 0.236 e. The highest BCUT2D eigenvalue weighted by atomic mass is 16.2. The van der Waals surface area contributed by atoms with Crippen LogP contribution in [0, 0.1) is 0 Å². The van der Waals surface area contributed by atoms with Crippen LogP contribution in [-0.4, -0.2) is 49.9 Å². The molecule has 0 atom stereocenters. The molecule has 0 aromatic rings. The Bertz CT molecular complexity index is 262. The number of carbonyl (C=O) groups excluding carboxylic acids is 2. The van der Waals surface area contributed by atoms with Gasteiger partial charge in [0.2, 0.25) is 11.8 Å². The van der Waals surface area contributed by atoms with Crippen molar-refractivity contribution in [3.8, 4) is 0 Å². The van der Waals surface area contributed by atoms with Gasteiger partial charge in [-0.15, -0.1) is 0 Å². The Hall–Kier alpha value is -1.10. The number of hydrogen-bond donors (Lipinski definition) is 2. The molecule has 1 saturated carbocycles. The van der Waals surface area contributed by atoms with Crippen LogP contribution in [-0.2, 0) is 9.59 Å². The van der Waals surface area contributed by atoms with E-state index in [1.54, 1.807) is 19.0 Å². The molecule has 98 valence electrons. The Morgan fingerprint density at radius 1 is 1.29 bits per heavy atom. The molecule has 0 radical (unpaired) electrons. The fourth-order valence-electron chi connectivity index (χ4n) is 2.02. The SMILES string of the molecule is CNC(=O)CCN(C)C(=O)CNC1CCCC1. The van der Waals surface area contributed by atoms with Crippen LogP contribution in [0.25, 0.3) is 0 Å². The van der Waals surface area contributed by atoms with Crippen molar-refractivity contribution in [2.75, 3.05) is 27.2 Å². The van der Waals surface area contributed by atoms with Crippen LogP contribution in [0.15, 0.2) is 0 Å². The van der Waals surface area contributed by atoms with Gasteiger partial charge in [-0.1, -0.05) is 12.8 Å². The lowest BCUT2D eigenvalue weighted by Crippen LogP contribution is -2.40. The molecule has 5 heteroatoms. The number of carbonyl (C=O) groups is 2. The van der Waals surface area contributed by atoms with Crippen molar-refractivity contribution >= 4 is 11.8 Å². The number of nitrogens with one attached hydrogen (secondary N) is 2. The van der Waals surface area contributed by atoms with Crippen LogP contribution in [0.5, 0.6) is 0 Å². The van der Waals surface area contributed by atoms with Gasteiger partial charge in [0.15, 0.2) is 0 Å². The van der Waals surface area contributed by atoms with Crippen molar-refractivity contribution < 1.29 is 9.59 Å². The second-order valence-corrected chi connectivity index (χ2v) is 4.60. The first kappa shape index (κ1) is 14.0. The number of hydrogen-bond acceptors (Lipinski definition) is 3. The lowest BCUT2D eigenvalue weighted by Gasteiger charge is -2.18. The Balaban J connectivity index is 2.14. The molecule has 0 unspecified atom stereocenters. The minimum atomic E-state index is -0.0339. The normalized spacial score (nSPS) is 15.9. The maximum Gasteiger partial charge on any atom is 0.236 e. The van der Waals surface area contributed by atoms with Crippen LogP contribution in [0.3, 0.4) is 0 Å². The molecule has 0 heterocycles. The van der Waals surface area contributed by atoms with Crippen molar-refractivity contribution in [2.24, 2.45) is 0 Å². The van der Waals surface area contributed by atoms with E-state index in [0.717, 1.165) is 0 Å². The third-order valence-corrected chi connectivity index (χ3v) is 3.28. The van der Waals surface area contributed by atoms with E-state index in [0.29, 0.717) is 25.6 Å². The summed E-state index contributed by atoms with van der Waals surface area (Å²) in [5.41, 5.74) is 0. The summed E-state index contributed by atoms with van der Waals surface area (Å²) in [4.78, 5) is 24.4. The highest BCUT2D eigenvalue weighted by Gasteiger charge is 2.16. The van der Waals surface area contributed by atoms with Crippen LogP contribution in [0.1, 0.15) is 32.1 Å². The molecule has 2 N–H and O–H groups in total. The molecule has 0 aromatic heterocycles. The van der Waals surface area contributed by atoms with Crippen molar-refractivity contribution in [2.45, 2.75) is 38.1 Å². The van der Waals surface area contributed by atoms with Crippen molar-refractivity contribution in [1.82, 2.24) is 15.5 Å². The maximum absolute atomic E-state index is 11.7. The zero-order chi connectivity index (χ0) is 12.7. The van der Waals surface area contributed by atoms with E-state index in [4.69, 9.17) is 0 Å². The lowest BCUT2D eigenvalue weighted by atomic mass is 10.2. The van der Waals surface area contributed by atoms with Crippen molar-refractivity contribution in [3.63, 3.8) is 0 Å². The third kappa shape index (κ3) is 5.17. The number of rotatable bonds is 6. The Morgan fingerprint density at radius 3 is 2.53 bits per heavy atom. The van der Waals surface area contributed by atoms with Gasteiger partial charge in [-0.25, -0.2) is 0 Å². The van der Waals surface area contributed by atoms with Gasteiger partial charge in [-0.2, -0.15) is 0 Å². The minimum absolute atomic E-state index is 0.0339. The fourth-order valence-corrected chi connectivity index (χ4v) is 2.02. The van der Waals surface area contributed by atoms with Gasteiger partial charge in [-0.3, -0.25) is 9.59 Å². The molecule has 2 amide bonds. The average Bonchev–Trinajstić information content (AvgIpc) is 2.85. The van der Waals surface area contributed by atoms with Crippen LogP contribution >= 0.6 is 0 Å². The molecule has 17 heavy (non-hydrogen) atoms. The van der Waals surface area contributed by atoms with E-state index in [-0.39, 0.29) is 11.8 Å². The Kier molecular flexibility index (Phi) is 5.97. The first-order valence-electron chi connectivity index (χ1n) is 6.31. The molecule has 1 aliphatic rings. The number of amides is 2. The zero-order valence-corrected chi connectivity index (χ0v) is 10.8. The first-order valence-corrected chi connectivity index (χ1v) is 6.31. The summed E-state index contributed by atoms with van der Waals surface area (Å²) in [5.74, 6) is 0.0224. The molecule has 0 saturated heterocycles. The molecule has 0 aliphatic heterocycles. The largest absolute Gasteiger partial charge is 0.359 e. The summed E-state index contributed by atoms with van der Waals surface area (Å²) < 4.78 is 0. The summed E-state index contributed by atoms with van der Waals surface area (Å²) in [6.45, 7) is 0.861. The van der Waals surface area contributed by atoms with E-state index in [9.17, 15) is 9.59 Å². The summed E-state index contributed by atoms with van der Waals surface area (Å²) >= 11 is 0. The van der Waals surface area contributed by atoms with Gasteiger partial charge in [0, 0.05) is 33.1 Å². The summed E-state index contributed by atoms with van der Waals surface area (Å²) in [6, 6.07) is 0.506. The predicted molar refractivity (Wildman–Crippen MR) is 66.6 cm³/mol. The van der Waals surface area contributed by atoms with E-state index in [1.807, 2.05) is 0 Å². The van der Waals surface area contributed by atoms with E-state index in [2.05, 4.69) is 10.6 Å². The predicted octanol–water partition coefficient (Wildman–Crippen LogP) is 0.113. The summed E-state index contributed by atoms with van der Waals surface area (Å²) in [6.07, 6.45) is 5.24. The molecule has 0 bridgehead atoms. The standard InChI is InChI=1S/C12H23N3O2/c1-13-11(16)7-8-15(2)12(17)9-14-10-5-3-4-6-10/h10,14H,3-9H2,1-2H3,(H,13,16). The monoisotopic (exact) mass is 241 g/mol. The van der Waals surface area contributed by atoms with Gasteiger partial charge in [-0.05, 0) is 12.8 Å². The molecule has 1 rings (SSSR count). The average molecular weight is 241 g/mol. The van der Waals surface area contributed by atoms with Crippen molar-refractivity contribution in [1.29, 1.82) is 0 Å². The number of likely N-dealkylation sites (N-methyl/N-ethyl adjacent to an activating group) is 1. The molecule has 1 fully saturated rings. The van der Waals surface area contributed by atoms with E-state index >= 15 is 0 Å². The van der Waals surface area contributed by atoms with Crippen LogP contribution in [0.2, 0.25) is 0 Å². The lowest BCUT2D eigenvalue weighted by molar-refractivity contribution is -0.129. The topological polar surface area (TPSA) is 61.4 Å². The molecule has 0 spiro atoms. The molecular weight excluding hydrogens is 218 g/mol. The molecule has 0 aromatic carbocycles. The highest BCUT2D eigenvalue weighted by Crippen LogP contribution is 2.17. The molecule has 1 aliphatic carbocycles. The van der Waals surface area contributed by atoms with Gasteiger partial charge < -0.3 is 15.5 Å². The van der Waals surface area contributed by atoms with Gasteiger partial charge in [0.1, 0.15) is 0 Å². The van der Waals surface area contributed by atoms with Crippen LogP contribution < -0.4 is 10.6 Å². The highest BCUT2D eigenvalue weighted by molar-refractivity contribution is 5.79. The number of nitrogens with zero attached hydrogens (tertiary/aromatic N) is 1. The van der Waals surface area contributed by atoms with Gasteiger partial charge in [0.25, 0.3) is 0 Å². The third-order valence-electron chi connectivity index (χ3n) is 3.28. The summed E-state index contributed by atoms with van der Waals surface area (Å²) in [5, 5.41) is 5.82. The Morgan fingerprint density at radius 2 is 1.94 bits per heavy atom. The van der Waals surface area contributed by atoms with Gasteiger partial charge in [0.05, 0.1) is 6.54 Å². The zero-order valence-electron chi connectivity index (χ0n) is 10.8. The van der Waals surface area contributed by atoms with Gasteiger partial charge >= 0.3 is 0 Å². The second kappa shape index (κ2) is 7.27. The van der Waals surface area contributed by atoms with Crippen molar-refractivity contribution in [3.05, 3.63) is 0 Å². The van der Waals surface area contributed by atoms with Crippen LogP contribution in [0.4, 0.5) is 0 Å². The second-order valence-electron chi connectivity index (χ2n) is 4.60. The fraction of sp³-hybridized carbons (Fsp3) is 0.833. The minimum Gasteiger partial charge on any atom is -0.359 e. The summed E-state index contributed by atoms with van der Waals surface area (Å²) in [7, 11) is 3.34. The molecular formula is C12H23N3O2. The Labute approximate surface area is 103 Å². The van der Waals surface area contributed by atoms with E-state index in [1.165, 1.54) is 25.7 Å². The maximum atomic E-state index is 11.7. The quantitative estimate of drug-likeness (QED) is 0.694. The first-order chi connectivity index (χ1) is 8.13.